The lowest BCUT2D eigenvalue weighted by atomic mass is 9.97. The van der Waals surface area contributed by atoms with E-state index in [1.165, 1.54) is 7.11 Å². The number of H-pyrrole nitrogens is 1. The Balaban J connectivity index is 1.85. The Morgan fingerprint density at radius 3 is 2.45 bits per heavy atom. The van der Waals surface area contributed by atoms with Crippen LogP contribution in [-0.4, -0.2) is 25.3 Å². The van der Waals surface area contributed by atoms with E-state index in [0.717, 1.165) is 33.3 Å². The standard InChI is InChI=1S/C23H21N3O3/c1-28-20-14-16(25-26-23(27)29-2)12-13-18(20)21-17-10-6-7-11-19(17)24-22(21)15-8-4-3-5-9-15/h3-14,24-25H,1-2H3,(H,26,27). The van der Waals surface area contributed by atoms with Gasteiger partial charge in [0.15, 0.2) is 0 Å². The zero-order chi connectivity index (χ0) is 20.2. The summed E-state index contributed by atoms with van der Waals surface area (Å²) in [7, 11) is 2.94. The maximum absolute atomic E-state index is 11.3. The minimum Gasteiger partial charge on any atom is -0.496 e. The molecule has 29 heavy (non-hydrogen) atoms. The Bertz CT molecular complexity index is 1150. The second kappa shape index (κ2) is 7.98. The number of anilines is 1. The number of aromatic amines is 1. The molecule has 0 saturated heterocycles. The Hall–Kier alpha value is -3.93. The largest absolute Gasteiger partial charge is 0.496 e. The predicted molar refractivity (Wildman–Crippen MR) is 115 cm³/mol. The van der Waals surface area contributed by atoms with E-state index in [0.29, 0.717) is 11.4 Å². The summed E-state index contributed by atoms with van der Waals surface area (Å²) >= 11 is 0. The Labute approximate surface area is 168 Å². The number of aromatic nitrogens is 1. The van der Waals surface area contributed by atoms with Gasteiger partial charge in [-0.25, -0.2) is 10.2 Å². The van der Waals surface area contributed by atoms with Crippen LogP contribution in [0.25, 0.3) is 33.3 Å². The quantitative estimate of drug-likeness (QED) is 0.412. The molecule has 4 rings (SSSR count). The van der Waals surface area contributed by atoms with Gasteiger partial charge in [-0.1, -0.05) is 48.5 Å². The number of carbonyl (C=O) groups is 1. The zero-order valence-electron chi connectivity index (χ0n) is 16.2. The first-order chi connectivity index (χ1) is 14.2. The fourth-order valence-electron chi connectivity index (χ4n) is 3.39. The number of amides is 1. The highest BCUT2D eigenvalue weighted by Gasteiger charge is 2.18. The number of hydrogen-bond acceptors (Lipinski definition) is 4. The summed E-state index contributed by atoms with van der Waals surface area (Å²) in [5.74, 6) is 0.684. The summed E-state index contributed by atoms with van der Waals surface area (Å²) in [4.78, 5) is 14.9. The van der Waals surface area contributed by atoms with Crippen molar-refractivity contribution in [2.45, 2.75) is 0 Å². The third kappa shape index (κ3) is 3.60. The van der Waals surface area contributed by atoms with Gasteiger partial charge < -0.3 is 14.5 Å². The van der Waals surface area contributed by atoms with E-state index in [1.54, 1.807) is 7.11 Å². The van der Waals surface area contributed by atoms with Crippen molar-refractivity contribution in [3.63, 3.8) is 0 Å². The van der Waals surface area contributed by atoms with Crippen molar-refractivity contribution in [1.82, 2.24) is 10.4 Å². The lowest BCUT2D eigenvalue weighted by molar-refractivity contribution is 0.173. The van der Waals surface area contributed by atoms with Gasteiger partial charge in [-0.3, -0.25) is 5.43 Å². The molecule has 1 amide bonds. The molecule has 0 radical (unpaired) electrons. The van der Waals surface area contributed by atoms with Crippen LogP contribution in [0, 0.1) is 0 Å². The van der Waals surface area contributed by atoms with Crippen molar-refractivity contribution >= 4 is 22.7 Å². The molecule has 6 heteroatoms. The molecule has 146 valence electrons. The highest BCUT2D eigenvalue weighted by atomic mass is 16.5. The number of rotatable bonds is 5. The SMILES string of the molecule is COC(=O)NNc1ccc(-c2c(-c3ccccc3)[nH]c3ccccc23)c(OC)c1. The lowest BCUT2D eigenvalue weighted by Crippen LogP contribution is -2.28. The summed E-state index contributed by atoms with van der Waals surface area (Å²) in [5.41, 5.74) is 11.1. The molecule has 0 aliphatic rings. The van der Waals surface area contributed by atoms with Gasteiger partial charge in [-0.2, -0.15) is 0 Å². The summed E-state index contributed by atoms with van der Waals surface area (Å²) in [6.45, 7) is 0. The summed E-state index contributed by atoms with van der Waals surface area (Å²) in [6, 6.07) is 24.1. The second-order valence-electron chi connectivity index (χ2n) is 6.44. The van der Waals surface area contributed by atoms with Crippen molar-refractivity contribution in [3.8, 4) is 28.1 Å². The number of fused-ring (bicyclic) bond motifs is 1. The van der Waals surface area contributed by atoms with Crippen LogP contribution in [0.2, 0.25) is 0 Å². The number of ether oxygens (including phenoxy) is 2. The van der Waals surface area contributed by atoms with Gasteiger partial charge in [0.25, 0.3) is 0 Å². The van der Waals surface area contributed by atoms with Gasteiger partial charge in [0.05, 0.1) is 25.6 Å². The van der Waals surface area contributed by atoms with Crippen molar-refractivity contribution in [3.05, 3.63) is 72.8 Å². The number of carbonyl (C=O) groups excluding carboxylic acids is 1. The Morgan fingerprint density at radius 2 is 1.69 bits per heavy atom. The molecule has 0 aliphatic heterocycles. The van der Waals surface area contributed by atoms with E-state index < -0.39 is 6.09 Å². The third-order valence-electron chi connectivity index (χ3n) is 4.73. The third-order valence-corrected chi connectivity index (χ3v) is 4.73. The summed E-state index contributed by atoms with van der Waals surface area (Å²) in [6.07, 6.45) is -0.573. The van der Waals surface area contributed by atoms with E-state index in [2.05, 4.69) is 44.8 Å². The fraction of sp³-hybridized carbons (Fsp3) is 0.0870. The van der Waals surface area contributed by atoms with E-state index in [1.807, 2.05) is 48.5 Å². The average molecular weight is 387 g/mol. The molecule has 3 N–H and O–H groups in total. The number of benzene rings is 3. The Morgan fingerprint density at radius 1 is 0.931 bits per heavy atom. The molecule has 1 heterocycles. The maximum atomic E-state index is 11.3. The van der Waals surface area contributed by atoms with Crippen molar-refractivity contribution in [1.29, 1.82) is 0 Å². The first-order valence-corrected chi connectivity index (χ1v) is 9.15. The molecule has 0 fully saturated rings. The van der Waals surface area contributed by atoms with E-state index in [9.17, 15) is 4.79 Å². The first kappa shape index (κ1) is 18.4. The van der Waals surface area contributed by atoms with Gasteiger partial charge in [-0.15, -0.1) is 0 Å². The normalized spacial score (nSPS) is 10.6. The minimum absolute atomic E-state index is 0.573. The minimum atomic E-state index is -0.573. The van der Waals surface area contributed by atoms with Crippen LogP contribution in [0.15, 0.2) is 72.8 Å². The molecule has 0 atom stereocenters. The molecular formula is C23H21N3O3. The fourth-order valence-corrected chi connectivity index (χ4v) is 3.39. The first-order valence-electron chi connectivity index (χ1n) is 9.15. The van der Waals surface area contributed by atoms with E-state index in [4.69, 9.17) is 4.74 Å². The number of nitrogens with one attached hydrogen (secondary N) is 3. The number of hydrogen-bond donors (Lipinski definition) is 3. The molecule has 0 aliphatic carbocycles. The van der Waals surface area contributed by atoms with Crippen molar-refractivity contribution < 1.29 is 14.3 Å². The molecule has 0 bridgehead atoms. The smallest absolute Gasteiger partial charge is 0.425 e. The van der Waals surface area contributed by atoms with Crippen molar-refractivity contribution in [2.24, 2.45) is 0 Å². The molecular weight excluding hydrogens is 366 g/mol. The van der Waals surface area contributed by atoms with Crippen LogP contribution in [0.1, 0.15) is 0 Å². The molecule has 0 unspecified atom stereocenters. The Kier molecular flexibility index (Phi) is 5.07. The topological polar surface area (TPSA) is 75.4 Å². The molecule has 1 aromatic heterocycles. The van der Waals surface area contributed by atoms with Gasteiger partial charge >= 0.3 is 6.09 Å². The second-order valence-corrected chi connectivity index (χ2v) is 6.44. The molecule has 3 aromatic carbocycles. The van der Waals surface area contributed by atoms with Crippen LogP contribution in [0.5, 0.6) is 5.75 Å². The van der Waals surface area contributed by atoms with Crippen LogP contribution in [0.4, 0.5) is 10.5 Å². The lowest BCUT2D eigenvalue weighted by Gasteiger charge is -2.14. The molecule has 0 saturated carbocycles. The van der Waals surface area contributed by atoms with E-state index in [-0.39, 0.29) is 0 Å². The van der Waals surface area contributed by atoms with Gasteiger partial charge in [0.1, 0.15) is 5.75 Å². The van der Waals surface area contributed by atoms with Gasteiger partial charge in [-0.05, 0) is 23.8 Å². The highest BCUT2D eigenvalue weighted by molar-refractivity contribution is 6.05. The number of para-hydroxylation sites is 1. The zero-order valence-corrected chi connectivity index (χ0v) is 16.2. The summed E-state index contributed by atoms with van der Waals surface area (Å²) < 4.78 is 10.3. The van der Waals surface area contributed by atoms with Crippen LogP contribution in [0.3, 0.4) is 0 Å². The molecule has 0 spiro atoms. The average Bonchev–Trinajstić information content (AvgIpc) is 3.17. The highest BCUT2D eigenvalue weighted by Crippen LogP contribution is 2.42. The molecule has 6 nitrogen and oxygen atoms in total. The maximum Gasteiger partial charge on any atom is 0.425 e. The van der Waals surface area contributed by atoms with Crippen molar-refractivity contribution in [2.75, 3.05) is 19.6 Å². The van der Waals surface area contributed by atoms with Gasteiger partial charge in [0.2, 0.25) is 0 Å². The van der Waals surface area contributed by atoms with Crippen LogP contribution < -0.4 is 15.6 Å². The van der Waals surface area contributed by atoms with Crippen LogP contribution >= 0.6 is 0 Å². The number of hydrazine groups is 1. The summed E-state index contributed by atoms with van der Waals surface area (Å²) in [5, 5.41) is 1.11. The van der Waals surface area contributed by atoms with Crippen LogP contribution in [-0.2, 0) is 4.74 Å². The predicted octanol–water partition coefficient (Wildman–Crippen LogP) is 5.19. The monoisotopic (exact) mass is 387 g/mol. The van der Waals surface area contributed by atoms with E-state index >= 15 is 0 Å². The molecule has 4 aromatic rings. The number of methoxy groups -OCH3 is 2. The van der Waals surface area contributed by atoms with Gasteiger partial charge in [0, 0.05) is 28.1 Å².